The van der Waals surface area contributed by atoms with Gasteiger partial charge in [0.2, 0.25) is 0 Å². The fourth-order valence-electron chi connectivity index (χ4n) is 1.16. The van der Waals surface area contributed by atoms with Crippen molar-refractivity contribution in [3.05, 3.63) is 29.9 Å². The van der Waals surface area contributed by atoms with E-state index in [2.05, 4.69) is 29.2 Å². The van der Waals surface area contributed by atoms with Crippen LogP contribution in [0.15, 0.2) is 34.2 Å². The van der Waals surface area contributed by atoms with E-state index in [4.69, 9.17) is 0 Å². The van der Waals surface area contributed by atoms with Gasteiger partial charge in [0.1, 0.15) is 0 Å². The number of thioether (sulfide) groups is 1. The van der Waals surface area contributed by atoms with Gasteiger partial charge >= 0.3 is 0 Å². The summed E-state index contributed by atoms with van der Waals surface area (Å²) in [5, 5.41) is 2.67. The van der Waals surface area contributed by atoms with Gasteiger partial charge in [0.25, 0.3) is 0 Å². The molecule has 0 aliphatic carbocycles. The van der Waals surface area contributed by atoms with Crippen molar-refractivity contribution in [1.29, 1.82) is 0 Å². The van der Waals surface area contributed by atoms with Crippen molar-refractivity contribution in [3.8, 4) is 11.3 Å². The van der Waals surface area contributed by atoms with E-state index < -0.39 is 0 Å². The zero-order valence-electron chi connectivity index (χ0n) is 8.68. The van der Waals surface area contributed by atoms with E-state index in [-0.39, 0.29) is 0 Å². The minimum atomic E-state index is 0.581. The molecule has 0 aliphatic rings. The molecule has 0 aromatic carbocycles. The number of nitrogens with zero attached hydrogens (tertiary/aromatic N) is 2. The number of hydrogen-bond donors (Lipinski definition) is 0. The molecule has 2 heterocycles. The molecule has 2 nitrogen and oxygen atoms in total. The Bertz CT molecular complexity index is 423. The lowest BCUT2D eigenvalue weighted by Crippen LogP contribution is -1.85. The quantitative estimate of drug-likeness (QED) is 0.760. The first kappa shape index (κ1) is 10.6. The molecule has 2 rings (SSSR count). The van der Waals surface area contributed by atoms with Crippen LogP contribution in [0.2, 0.25) is 0 Å². The second-order valence-electron chi connectivity index (χ2n) is 3.41. The topological polar surface area (TPSA) is 25.8 Å². The zero-order valence-corrected chi connectivity index (χ0v) is 10.3. The Kier molecular flexibility index (Phi) is 3.38. The molecular formula is C11H12N2S2. The molecule has 0 unspecified atom stereocenters. The molecule has 78 valence electrons. The number of rotatable bonds is 3. The predicted molar refractivity (Wildman–Crippen MR) is 66.3 cm³/mol. The van der Waals surface area contributed by atoms with Gasteiger partial charge in [-0.3, -0.25) is 4.98 Å². The Morgan fingerprint density at radius 3 is 2.93 bits per heavy atom. The summed E-state index contributed by atoms with van der Waals surface area (Å²) >= 11 is 3.50. The Hall–Kier alpha value is -0.870. The van der Waals surface area contributed by atoms with Crippen LogP contribution in [0.3, 0.4) is 0 Å². The first-order valence-corrected chi connectivity index (χ1v) is 6.54. The second kappa shape index (κ2) is 4.77. The van der Waals surface area contributed by atoms with Gasteiger partial charge in [-0.15, -0.1) is 11.3 Å². The van der Waals surface area contributed by atoms with Crippen LogP contribution in [0, 0.1) is 0 Å². The van der Waals surface area contributed by atoms with Crippen LogP contribution in [0.5, 0.6) is 0 Å². The summed E-state index contributed by atoms with van der Waals surface area (Å²) in [4.78, 5) is 8.65. The Balaban J connectivity index is 2.21. The van der Waals surface area contributed by atoms with Gasteiger partial charge < -0.3 is 0 Å². The molecule has 0 saturated carbocycles. The van der Waals surface area contributed by atoms with Crippen molar-refractivity contribution in [1.82, 2.24) is 9.97 Å². The van der Waals surface area contributed by atoms with Crippen LogP contribution < -0.4 is 0 Å². The third-order valence-electron chi connectivity index (χ3n) is 1.78. The first-order chi connectivity index (χ1) is 7.25. The fourth-order valence-corrected chi connectivity index (χ4v) is 3.21. The third-order valence-corrected chi connectivity index (χ3v) is 3.75. The molecule has 0 aliphatic heterocycles. The average molecular weight is 236 g/mol. The maximum Gasteiger partial charge on any atom is 0.150 e. The number of thiazole rings is 1. The maximum atomic E-state index is 4.56. The summed E-state index contributed by atoms with van der Waals surface area (Å²) in [6.07, 6.45) is 3.62. The molecule has 0 amide bonds. The summed E-state index contributed by atoms with van der Waals surface area (Å²) in [5.41, 5.74) is 2.11. The maximum absolute atomic E-state index is 4.56. The van der Waals surface area contributed by atoms with Crippen LogP contribution in [-0.2, 0) is 0 Å². The molecule has 4 heteroatoms. The summed E-state index contributed by atoms with van der Waals surface area (Å²) in [6, 6.07) is 3.97. The van der Waals surface area contributed by atoms with Crippen molar-refractivity contribution in [2.75, 3.05) is 0 Å². The Morgan fingerprint density at radius 1 is 1.40 bits per heavy atom. The fraction of sp³-hybridized carbons (Fsp3) is 0.273. The predicted octanol–water partition coefficient (Wildman–Crippen LogP) is 3.71. The summed E-state index contributed by atoms with van der Waals surface area (Å²) in [7, 11) is 0. The summed E-state index contributed by atoms with van der Waals surface area (Å²) < 4.78 is 1.13. The molecule has 0 saturated heterocycles. The highest BCUT2D eigenvalue weighted by molar-refractivity contribution is 8.01. The molecule has 0 atom stereocenters. The standard InChI is InChI=1S/C11H12N2S2/c1-8(2)15-11-13-10(7-14-11)9-4-3-5-12-6-9/h3-8H,1-2H3. The van der Waals surface area contributed by atoms with E-state index in [0.717, 1.165) is 15.6 Å². The SMILES string of the molecule is CC(C)Sc1nc(-c2cccnc2)cs1. The smallest absolute Gasteiger partial charge is 0.150 e. The van der Waals surface area contributed by atoms with Crippen molar-refractivity contribution in [2.45, 2.75) is 23.4 Å². The normalized spacial score (nSPS) is 10.9. The van der Waals surface area contributed by atoms with E-state index in [1.165, 1.54) is 0 Å². The number of pyridine rings is 1. The van der Waals surface area contributed by atoms with Crippen molar-refractivity contribution >= 4 is 23.1 Å². The number of hydrogen-bond acceptors (Lipinski definition) is 4. The van der Waals surface area contributed by atoms with Crippen molar-refractivity contribution in [3.63, 3.8) is 0 Å². The molecule has 2 aromatic rings. The van der Waals surface area contributed by atoms with Crippen molar-refractivity contribution in [2.24, 2.45) is 0 Å². The highest BCUT2D eigenvalue weighted by Gasteiger charge is 2.06. The van der Waals surface area contributed by atoms with Crippen LogP contribution in [0.25, 0.3) is 11.3 Å². The minimum Gasteiger partial charge on any atom is -0.264 e. The lowest BCUT2D eigenvalue weighted by Gasteiger charge is -1.98. The minimum absolute atomic E-state index is 0.581. The van der Waals surface area contributed by atoms with Crippen LogP contribution in [0.4, 0.5) is 0 Å². The van der Waals surface area contributed by atoms with E-state index in [1.807, 2.05) is 18.3 Å². The van der Waals surface area contributed by atoms with E-state index in [9.17, 15) is 0 Å². The summed E-state index contributed by atoms with van der Waals surface area (Å²) in [6.45, 7) is 4.35. The largest absolute Gasteiger partial charge is 0.264 e. The lowest BCUT2D eigenvalue weighted by molar-refractivity contribution is 1.10. The van der Waals surface area contributed by atoms with Crippen LogP contribution in [-0.4, -0.2) is 15.2 Å². The molecule has 15 heavy (non-hydrogen) atoms. The van der Waals surface area contributed by atoms with E-state index in [1.54, 1.807) is 29.3 Å². The molecule has 0 radical (unpaired) electrons. The molecule has 0 bridgehead atoms. The molecule has 0 N–H and O–H groups in total. The molecule has 0 spiro atoms. The lowest BCUT2D eigenvalue weighted by atomic mass is 10.2. The van der Waals surface area contributed by atoms with Gasteiger partial charge in [0.05, 0.1) is 5.69 Å². The Labute approximate surface area is 97.8 Å². The van der Waals surface area contributed by atoms with E-state index in [0.29, 0.717) is 5.25 Å². The van der Waals surface area contributed by atoms with Crippen LogP contribution >= 0.6 is 23.1 Å². The van der Waals surface area contributed by atoms with Gasteiger partial charge in [0, 0.05) is 28.6 Å². The molecule has 2 aromatic heterocycles. The van der Waals surface area contributed by atoms with Gasteiger partial charge in [-0.05, 0) is 12.1 Å². The van der Waals surface area contributed by atoms with Crippen LogP contribution in [0.1, 0.15) is 13.8 Å². The first-order valence-electron chi connectivity index (χ1n) is 4.78. The van der Waals surface area contributed by atoms with Crippen molar-refractivity contribution < 1.29 is 0 Å². The molecule has 0 fully saturated rings. The Morgan fingerprint density at radius 2 is 2.27 bits per heavy atom. The van der Waals surface area contributed by atoms with E-state index >= 15 is 0 Å². The molecular weight excluding hydrogens is 224 g/mol. The highest BCUT2D eigenvalue weighted by atomic mass is 32.2. The average Bonchev–Trinajstić information content (AvgIpc) is 2.67. The third kappa shape index (κ3) is 2.79. The monoisotopic (exact) mass is 236 g/mol. The van der Waals surface area contributed by atoms with Gasteiger partial charge in [-0.2, -0.15) is 0 Å². The summed E-state index contributed by atoms with van der Waals surface area (Å²) in [5.74, 6) is 0. The van der Waals surface area contributed by atoms with Gasteiger partial charge in [-0.25, -0.2) is 4.98 Å². The second-order valence-corrected chi connectivity index (χ2v) is 6.09. The van der Waals surface area contributed by atoms with Gasteiger partial charge in [-0.1, -0.05) is 25.6 Å². The zero-order chi connectivity index (χ0) is 10.7. The van der Waals surface area contributed by atoms with Gasteiger partial charge in [0.15, 0.2) is 4.34 Å². The number of aromatic nitrogens is 2. The highest BCUT2D eigenvalue weighted by Crippen LogP contribution is 2.29.